The Labute approximate surface area is 421 Å². The third kappa shape index (κ3) is 7.99. The molecule has 0 heterocycles. The summed E-state index contributed by atoms with van der Waals surface area (Å²) in [4.78, 5) is 4.77. The van der Waals surface area contributed by atoms with E-state index in [9.17, 15) is 0 Å². The Morgan fingerprint density at radius 1 is 0.292 bits per heavy atom. The first-order valence-corrected chi connectivity index (χ1v) is 25.0. The second kappa shape index (κ2) is 18.6. The second-order valence-electron chi connectivity index (χ2n) is 18.8. The van der Waals surface area contributed by atoms with Gasteiger partial charge in [-0.1, -0.05) is 200 Å². The fourth-order valence-corrected chi connectivity index (χ4v) is 11.0. The Hall–Kier alpha value is -9.24. The van der Waals surface area contributed by atoms with Gasteiger partial charge in [0.1, 0.15) is 0 Å². The summed E-state index contributed by atoms with van der Waals surface area (Å²) < 4.78 is 0. The largest absolute Gasteiger partial charge is 0.334 e. The summed E-state index contributed by atoms with van der Waals surface area (Å²) in [7, 11) is 0. The number of anilines is 5. The molecule has 0 N–H and O–H groups in total. The second-order valence-corrected chi connectivity index (χ2v) is 18.8. The number of rotatable bonds is 10. The van der Waals surface area contributed by atoms with Crippen LogP contribution in [-0.4, -0.2) is 6.04 Å². The molecule has 0 bridgehead atoms. The van der Waals surface area contributed by atoms with Gasteiger partial charge >= 0.3 is 0 Å². The molecule has 1 aliphatic rings. The third-order valence-corrected chi connectivity index (χ3v) is 14.5. The molecule has 0 aliphatic heterocycles. The third-order valence-electron chi connectivity index (χ3n) is 14.5. The van der Waals surface area contributed by atoms with Gasteiger partial charge in [-0.3, -0.25) is 0 Å². The van der Waals surface area contributed by atoms with Crippen molar-refractivity contribution in [2.45, 2.75) is 12.5 Å². The molecule has 1 aliphatic carbocycles. The molecule has 1 atom stereocenters. The Balaban J connectivity index is 0.985. The van der Waals surface area contributed by atoms with E-state index in [1.807, 2.05) is 0 Å². The minimum atomic E-state index is 0.174. The van der Waals surface area contributed by atoms with E-state index in [2.05, 4.69) is 295 Å². The Kier molecular flexibility index (Phi) is 11.1. The highest BCUT2D eigenvalue weighted by Crippen LogP contribution is 2.47. The van der Waals surface area contributed by atoms with E-state index in [1.54, 1.807) is 0 Å². The van der Waals surface area contributed by atoms with E-state index in [1.165, 1.54) is 99.0 Å². The van der Waals surface area contributed by atoms with Crippen molar-refractivity contribution in [3.05, 3.63) is 291 Å². The predicted molar refractivity (Wildman–Crippen MR) is 308 cm³/mol. The van der Waals surface area contributed by atoms with Crippen LogP contribution >= 0.6 is 0 Å². The van der Waals surface area contributed by atoms with E-state index < -0.39 is 0 Å². The van der Waals surface area contributed by atoms with Gasteiger partial charge in [-0.05, 0) is 179 Å². The monoisotopic (exact) mass is 918 g/mol. The van der Waals surface area contributed by atoms with Crippen molar-refractivity contribution < 1.29 is 0 Å². The number of hydrogen-bond acceptors (Lipinski definition) is 2. The summed E-state index contributed by atoms with van der Waals surface area (Å²) >= 11 is 0. The molecule has 2 nitrogen and oxygen atoms in total. The van der Waals surface area contributed by atoms with Crippen molar-refractivity contribution in [2.24, 2.45) is 0 Å². The van der Waals surface area contributed by atoms with Crippen molar-refractivity contribution in [3.63, 3.8) is 0 Å². The number of para-hydroxylation sites is 4. The molecule has 0 amide bonds. The lowest BCUT2D eigenvalue weighted by molar-refractivity contribution is 0.787. The van der Waals surface area contributed by atoms with Gasteiger partial charge in [0, 0.05) is 28.4 Å². The van der Waals surface area contributed by atoms with Crippen LogP contribution in [0.4, 0.5) is 28.4 Å². The molecule has 72 heavy (non-hydrogen) atoms. The average molecular weight is 919 g/mol. The number of hydrogen-bond donors (Lipinski definition) is 0. The molecule has 13 rings (SSSR count). The van der Waals surface area contributed by atoms with Crippen LogP contribution in [0.1, 0.15) is 12.0 Å². The van der Waals surface area contributed by atoms with Crippen LogP contribution in [0.25, 0.3) is 82.0 Å². The molecule has 12 aromatic rings. The number of fused-ring (bicyclic) bond motifs is 4. The molecular weight excluding hydrogens is 869 g/mol. The zero-order valence-corrected chi connectivity index (χ0v) is 39.8. The smallest absolute Gasteiger partial charge is 0.0560 e. The minimum Gasteiger partial charge on any atom is -0.334 e. The van der Waals surface area contributed by atoms with E-state index in [4.69, 9.17) is 0 Å². The van der Waals surface area contributed by atoms with Crippen molar-refractivity contribution in [3.8, 4) is 33.4 Å². The molecule has 2 heteroatoms. The first-order valence-electron chi connectivity index (χ1n) is 25.0. The SMILES string of the molecule is C1=CC(N(c2ccccc2)c2ccccc2)CC=C1c1ccc2c(-c3ccc4ccccc4c3)c3cc(-c4ccc(N(c5ccccc5)c5ccccc5)cc4)ccc3c(-c3ccc4ccccc4c3)c2c1. The van der Waals surface area contributed by atoms with E-state index >= 15 is 0 Å². The predicted octanol–water partition coefficient (Wildman–Crippen LogP) is 19.3. The lowest BCUT2D eigenvalue weighted by Gasteiger charge is -2.33. The molecule has 0 radical (unpaired) electrons. The average Bonchev–Trinajstić information content (AvgIpc) is 3.45. The van der Waals surface area contributed by atoms with Gasteiger partial charge in [0.2, 0.25) is 0 Å². The van der Waals surface area contributed by atoms with Crippen LogP contribution < -0.4 is 9.80 Å². The zero-order valence-electron chi connectivity index (χ0n) is 39.8. The first-order chi connectivity index (χ1) is 35.7. The van der Waals surface area contributed by atoms with Crippen LogP contribution in [0.2, 0.25) is 0 Å². The maximum absolute atomic E-state index is 2.46. The van der Waals surface area contributed by atoms with Gasteiger partial charge in [0.15, 0.2) is 0 Å². The lowest BCUT2D eigenvalue weighted by Crippen LogP contribution is -2.30. The van der Waals surface area contributed by atoms with Gasteiger partial charge < -0.3 is 9.80 Å². The summed E-state index contributed by atoms with van der Waals surface area (Å²) in [5.41, 5.74) is 15.4. The Morgan fingerprint density at radius 3 is 1.18 bits per heavy atom. The highest BCUT2D eigenvalue weighted by molar-refractivity contribution is 6.23. The van der Waals surface area contributed by atoms with Crippen molar-refractivity contribution in [1.82, 2.24) is 0 Å². The van der Waals surface area contributed by atoms with Crippen LogP contribution in [0, 0.1) is 0 Å². The van der Waals surface area contributed by atoms with E-state index in [0.717, 1.165) is 23.5 Å². The number of nitrogens with zero attached hydrogens (tertiary/aromatic N) is 2. The zero-order chi connectivity index (χ0) is 47.8. The molecule has 12 aromatic carbocycles. The summed E-state index contributed by atoms with van der Waals surface area (Å²) in [5.74, 6) is 0. The van der Waals surface area contributed by atoms with Crippen molar-refractivity contribution in [2.75, 3.05) is 9.80 Å². The number of allylic oxidation sites excluding steroid dienone is 2. The van der Waals surface area contributed by atoms with Gasteiger partial charge in [-0.15, -0.1) is 0 Å². The van der Waals surface area contributed by atoms with Crippen molar-refractivity contribution >= 4 is 77.1 Å². The first kappa shape index (κ1) is 42.8. The van der Waals surface area contributed by atoms with Crippen LogP contribution in [0.15, 0.2) is 285 Å². The standard InChI is InChI=1S/C70H50N2/c1-5-21-59(22-6-1)71(60-23-7-2-8-24-60)63-39-33-51(34-40-63)55-37-43-65-67(47-55)69(57-31-29-49-17-13-15-19-53(49)45-57)66-44-38-56(48-68(66)70(65)58-32-30-50-18-14-16-20-54(50)46-58)52-35-41-64(42-36-52)72(61-25-9-3-10-26-61)62-27-11-4-12-28-62/h1-41,43-48,64H,42H2. The quantitative estimate of drug-likeness (QED) is 0.126. The molecule has 0 saturated carbocycles. The molecule has 1 unspecified atom stereocenters. The fourth-order valence-electron chi connectivity index (χ4n) is 11.0. The van der Waals surface area contributed by atoms with Crippen LogP contribution in [-0.2, 0) is 0 Å². The maximum atomic E-state index is 2.46. The van der Waals surface area contributed by atoms with Gasteiger partial charge in [-0.25, -0.2) is 0 Å². The normalized spacial score (nSPS) is 13.4. The topological polar surface area (TPSA) is 6.48 Å². The summed E-state index contributed by atoms with van der Waals surface area (Å²) in [5, 5.41) is 9.86. The van der Waals surface area contributed by atoms with Crippen molar-refractivity contribution in [1.29, 1.82) is 0 Å². The summed E-state index contributed by atoms with van der Waals surface area (Å²) in [6.07, 6.45) is 8.04. The highest BCUT2D eigenvalue weighted by Gasteiger charge is 2.23. The summed E-state index contributed by atoms with van der Waals surface area (Å²) in [6.45, 7) is 0. The van der Waals surface area contributed by atoms with E-state index in [-0.39, 0.29) is 6.04 Å². The fraction of sp³-hybridized carbons (Fsp3) is 0.0286. The summed E-state index contributed by atoms with van der Waals surface area (Å²) in [6, 6.07) is 97.7. The van der Waals surface area contributed by atoms with Crippen LogP contribution in [0.3, 0.4) is 0 Å². The Bertz CT molecular complexity index is 3910. The van der Waals surface area contributed by atoms with Crippen LogP contribution in [0.5, 0.6) is 0 Å². The number of benzene rings is 12. The molecule has 0 saturated heterocycles. The lowest BCUT2D eigenvalue weighted by atomic mass is 9.83. The molecule has 0 fully saturated rings. The van der Waals surface area contributed by atoms with E-state index in [0.29, 0.717) is 0 Å². The van der Waals surface area contributed by atoms with Gasteiger partial charge in [-0.2, -0.15) is 0 Å². The highest BCUT2D eigenvalue weighted by atomic mass is 15.2. The van der Waals surface area contributed by atoms with Gasteiger partial charge in [0.05, 0.1) is 6.04 Å². The molecule has 0 aromatic heterocycles. The minimum absolute atomic E-state index is 0.174. The molecular formula is C70H50N2. The molecule has 340 valence electrons. The molecule has 0 spiro atoms. The van der Waals surface area contributed by atoms with Gasteiger partial charge in [0.25, 0.3) is 0 Å². The maximum Gasteiger partial charge on any atom is 0.0560 e. The Morgan fingerprint density at radius 2 is 0.694 bits per heavy atom.